The number of likely N-dealkylation sites (tertiary alicyclic amines) is 1. The highest BCUT2D eigenvalue weighted by Crippen LogP contribution is 2.31. The van der Waals surface area contributed by atoms with Crippen LogP contribution >= 0.6 is 11.6 Å². The van der Waals surface area contributed by atoms with Crippen molar-refractivity contribution in [3.63, 3.8) is 0 Å². The minimum absolute atomic E-state index is 0.112. The molecule has 2 heterocycles. The fourth-order valence-electron chi connectivity index (χ4n) is 3.96. The highest BCUT2D eigenvalue weighted by molar-refractivity contribution is 6.30. The highest BCUT2D eigenvalue weighted by Gasteiger charge is 2.52. The van der Waals surface area contributed by atoms with Crippen molar-refractivity contribution in [1.82, 2.24) is 15.1 Å². The Morgan fingerprint density at radius 1 is 1.13 bits per heavy atom. The summed E-state index contributed by atoms with van der Waals surface area (Å²) >= 11 is 5.90. The predicted molar refractivity (Wildman–Crippen MR) is 111 cm³/mol. The maximum Gasteiger partial charge on any atom is 0.325 e. The van der Waals surface area contributed by atoms with Crippen molar-refractivity contribution in [3.8, 4) is 5.75 Å². The molecule has 2 fully saturated rings. The van der Waals surface area contributed by atoms with Crippen LogP contribution < -0.4 is 10.1 Å². The number of imide groups is 1. The summed E-state index contributed by atoms with van der Waals surface area (Å²) < 4.78 is 5.19. The Balaban J connectivity index is 1.43. The zero-order valence-electron chi connectivity index (χ0n) is 16.6. The van der Waals surface area contributed by atoms with Gasteiger partial charge < -0.3 is 15.0 Å². The quantitative estimate of drug-likeness (QED) is 0.760. The zero-order chi connectivity index (χ0) is 21.3. The molecule has 0 saturated carbocycles. The first-order valence-electron chi connectivity index (χ1n) is 9.74. The predicted octanol–water partition coefficient (Wildman–Crippen LogP) is 3.08. The van der Waals surface area contributed by atoms with E-state index in [2.05, 4.69) is 5.32 Å². The second kappa shape index (κ2) is 7.99. The van der Waals surface area contributed by atoms with Gasteiger partial charge >= 0.3 is 6.03 Å². The first-order chi connectivity index (χ1) is 14.4. The summed E-state index contributed by atoms with van der Waals surface area (Å²) in [4.78, 5) is 41.4. The maximum absolute atomic E-state index is 13.1. The van der Waals surface area contributed by atoms with Crippen LogP contribution in [-0.4, -0.2) is 53.4 Å². The van der Waals surface area contributed by atoms with Gasteiger partial charge in [-0.1, -0.05) is 29.8 Å². The minimum atomic E-state index is -0.950. The molecule has 2 aromatic rings. The minimum Gasteiger partial charge on any atom is -0.497 e. The van der Waals surface area contributed by atoms with Crippen LogP contribution in [0.15, 0.2) is 48.5 Å². The van der Waals surface area contributed by atoms with E-state index in [0.717, 1.165) is 5.56 Å². The van der Waals surface area contributed by atoms with Crippen molar-refractivity contribution in [2.24, 2.45) is 0 Å². The molecular weight excluding hydrogens is 406 g/mol. The molecule has 1 spiro atoms. The van der Waals surface area contributed by atoms with Crippen molar-refractivity contribution in [3.05, 3.63) is 64.7 Å². The van der Waals surface area contributed by atoms with Crippen molar-refractivity contribution < 1.29 is 19.1 Å². The van der Waals surface area contributed by atoms with Gasteiger partial charge in [-0.15, -0.1) is 0 Å². The van der Waals surface area contributed by atoms with Crippen molar-refractivity contribution in [2.75, 3.05) is 20.2 Å². The number of hydrogen-bond donors (Lipinski definition) is 1. The van der Waals surface area contributed by atoms with Gasteiger partial charge in [0.1, 0.15) is 11.3 Å². The van der Waals surface area contributed by atoms with E-state index in [1.54, 1.807) is 60.5 Å². The third kappa shape index (κ3) is 3.73. The summed E-state index contributed by atoms with van der Waals surface area (Å²) in [5.41, 5.74) is 0.413. The lowest BCUT2D eigenvalue weighted by molar-refractivity contribution is -0.133. The SMILES string of the molecule is COc1cccc(C(=O)N2CCC3(CC2)NC(=O)N(Cc2ccc(Cl)cc2)C3=O)c1. The number of carbonyl (C=O) groups is 3. The molecule has 0 radical (unpaired) electrons. The second-order valence-corrected chi connectivity index (χ2v) is 7.99. The Bertz CT molecular complexity index is 984. The van der Waals surface area contributed by atoms with Gasteiger partial charge in [0.05, 0.1) is 13.7 Å². The number of ether oxygens (including phenoxy) is 1. The monoisotopic (exact) mass is 427 g/mol. The summed E-state index contributed by atoms with van der Waals surface area (Å²) in [6.45, 7) is 0.962. The number of amides is 4. The van der Waals surface area contributed by atoms with E-state index in [9.17, 15) is 14.4 Å². The van der Waals surface area contributed by atoms with E-state index in [0.29, 0.717) is 42.3 Å². The van der Waals surface area contributed by atoms with Crippen molar-refractivity contribution >= 4 is 29.4 Å². The van der Waals surface area contributed by atoms with Gasteiger partial charge in [0.25, 0.3) is 11.8 Å². The number of nitrogens with one attached hydrogen (secondary N) is 1. The molecule has 2 aliphatic heterocycles. The first kappa shape index (κ1) is 20.2. The summed E-state index contributed by atoms with van der Waals surface area (Å²) in [5.74, 6) is 0.264. The number of halogens is 1. The topological polar surface area (TPSA) is 79.0 Å². The molecule has 0 aromatic heterocycles. The average Bonchev–Trinajstić information content (AvgIpc) is 2.99. The van der Waals surface area contributed by atoms with Gasteiger partial charge in [0.15, 0.2) is 0 Å². The number of methoxy groups -OCH3 is 1. The van der Waals surface area contributed by atoms with Crippen LogP contribution in [0.3, 0.4) is 0 Å². The number of piperidine rings is 1. The summed E-state index contributed by atoms with van der Waals surface area (Å²) in [7, 11) is 1.55. The normalized spacial score (nSPS) is 17.9. The Labute approximate surface area is 179 Å². The molecule has 0 unspecified atom stereocenters. The highest BCUT2D eigenvalue weighted by atomic mass is 35.5. The molecule has 0 bridgehead atoms. The molecule has 0 aliphatic carbocycles. The van der Waals surface area contributed by atoms with Crippen LogP contribution in [0.2, 0.25) is 5.02 Å². The lowest BCUT2D eigenvalue weighted by Gasteiger charge is -2.37. The van der Waals surface area contributed by atoms with Gasteiger partial charge in [-0.05, 0) is 48.7 Å². The van der Waals surface area contributed by atoms with Crippen LogP contribution in [0, 0.1) is 0 Å². The fraction of sp³-hybridized carbons (Fsp3) is 0.318. The maximum atomic E-state index is 13.1. The lowest BCUT2D eigenvalue weighted by atomic mass is 9.87. The number of hydrogen-bond acceptors (Lipinski definition) is 4. The molecular formula is C22H22ClN3O4. The Kier molecular flexibility index (Phi) is 5.39. The third-order valence-electron chi connectivity index (χ3n) is 5.72. The summed E-state index contributed by atoms with van der Waals surface area (Å²) in [6.07, 6.45) is 0.759. The van der Waals surface area contributed by atoms with E-state index < -0.39 is 11.6 Å². The van der Waals surface area contributed by atoms with Gasteiger partial charge in [-0.2, -0.15) is 0 Å². The fourth-order valence-corrected chi connectivity index (χ4v) is 4.09. The van der Waals surface area contributed by atoms with Crippen LogP contribution in [0.1, 0.15) is 28.8 Å². The van der Waals surface area contributed by atoms with Gasteiger partial charge in [0, 0.05) is 23.7 Å². The van der Waals surface area contributed by atoms with E-state index in [1.807, 2.05) is 0 Å². The molecule has 2 aromatic carbocycles. The molecule has 1 N–H and O–H groups in total. The molecule has 4 rings (SSSR count). The van der Waals surface area contributed by atoms with E-state index in [4.69, 9.17) is 16.3 Å². The van der Waals surface area contributed by atoms with Gasteiger partial charge in [0.2, 0.25) is 0 Å². The van der Waals surface area contributed by atoms with E-state index in [-0.39, 0.29) is 18.4 Å². The van der Waals surface area contributed by atoms with Crippen LogP contribution in [-0.2, 0) is 11.3 Å². The Hall–Kier alpha value is -3.06. The Morgan fingerprint density at radius 2 is 1.83 bits per heavy atom. The average molecular weight is 428 g/mol. The molecule has 0 atom stereocenters. The summed E-state index contributed by atoms with van der Waals surface area (Å²) in [6, 6.07) is 13.6. The number of benzene rings is 2. The van der Waals surface area contributed by atoms with Gasteiger partial charge in [-0.3, -0.25) is 14.5 Å². The van der Waals surface area contributed by atoms with E-state index >= 15 is 0 Å². The number of carbonyl (C=O) groups excluding carboxylic acids is 3. The number of urea groups is 1. The number of rotatable bonds is 4. The standard InChI is InChI=1S/C22H22ClN3O4/c1-30-18-4-2-3-16(13-18)19(27)25-11-9-22(10-12-25)20(28)26(21(29)24-22)14-15-5-7-17(23)8-6-15/h2-8,13H,9-12,14H2,1H3,(H,24,29). The molecule has 2 aliphatic rings. The first-order valence-corrected chi connectivity index (χ1v) is 10.1. The molecule has 8 heteroatoms. The number of nitrogens with zero attached hydrogens (tertiary/aromatic N) is 2. The van der Waals surface area contributed by atoms with Crippen LogP contribution in [0.25, 0.3) is 0 Å². The van der Waals surface area contributed by atoms with Crippen LogP contribution in [0.4, 0.5) is 4.79 Å². The molecule has 30 heavy (non-hydrogen) atoms. The second-order valence-electron chi connectivity index (χ2n) is 7.55. The Morgan fingerprint density at radius 3 is 2.50 bits per heavy atom. The largest absolute Gasteiger partial charge is 0.497 e. The molecule has 7 nitrogen and oxygen atoms in total. The van der Waals surface area contributed by atoms with E-state index in [1.165, 1.54) is 4.90 Å². The van der Waals surface area contributed by atoms with Crippen molar-refractivity contribution in [1.29, 1.82) is 0 Å². The van der Waals surface area contributed by atoms with Gasteiger partial charge in [-0.25, -0.2) is 4.79 Å². The smallest absolute Gasteiger partial charge is 0.325 e. The molecule has 156 valence electrons. The van der Waals surface area contributed by atoms with Crippen LogP contribution in [0.5, 0.6) is 5.75 Å². The lowest BCUT2D eigenvalue weighted by Crippen LogP contribution is -2.55. The zero-order valence-corrected chi connectivity index (χ0v) is 17.3. The molecule has 4 amide bonds. The molecule has 2 saturated heterocycles. The summed E-state index contributed by atoms with van der Waals surface area (Å²) in [5, 5.41) is 3.47. The third-order valence-corrected chi connectivity index (χ3v) is 5.97. The van der Waals surface area contributed by atoms with Crippen molar-refractivity contribution in [2.45, 2.75) is 24.9 Å².